The Hall–Kier alpha value is -3.21. The van der Waals surface area contributed by atoms with Gasteiger partial charge in [0.15, 0.2) is 0 Å². The van der Waals surface area contributed by atoms with E-state index in [9.17, 15) is 26.4 Å². The van der Waals surface area contributed by atoms with E-state index < -0.39 is 33.6 Å². The average molecular weight is 484 g/mol. The maximum absolute atomic E-state index is 13.2. The topological polar surface area (TPSA) is 84.9 Å². The molecule has 33 heavy (non-hydrogen) atoms. The fourth-order valence-electron chi connectivity index (χ4n) is 3.34. The summed E-state index contributed by atoms with van der Waals surface area (Å²) >= 11 is 0. The first kappa shape index (κ1) is 24.4. The molecule has 1 heterocycles. The number of rotatable bonds is 7. The Morgan fingerprint density at radius 1 is 0.970 bits per heavy atom. The van der Waals surface area contributed by atoms with Crippen LogP contribution in [0.5, 0.6) is 11.5 Å². The molecule has 7 nitrogen and oxygen atoms in total. The van der Waals surface area contributed by atoms with Crippen molar-refractivity contribution in [1.29, 1.82) is 0 Å². The fraction of sp³-hybridized carbons (Fsp3) is 0.318. The molecule has 1 N–H and O–H groups in total. The van der Waals surface area contributed by atoms with Gasteiger partial charge < -0.3 is 14.8 Å². The quantitative estimate of drug-likeness (QED) is 0.601. The summed E-state index contributed by atoms with van der Waals surface area (Å²) in [6.07, 6.45) is -4.83. The second-order valence-electron chi connectivity index (χ2n) is 8.11. The summed E-state index contributed by atoms with van der Waals surface area (Å²) in [5, 5.41) is 2.83. The molecule has 0 bridgehead atoms. The van der Waals surface area contributed by atoms with Crippen LogP contribution in [0.3, 0.4) is 0 Å². The van der Waals surface area contributed by atoms with Crippen LogP contribution in [-0.4, -0.2) is 43.7 Å². The van der Waals surface area contributed by atoms with Crippen molar-refractivity contribution in [3.05, 3.63) is 65.9 Å². The lowest BCUT2D eigenvalue weighted by Crippen LogP contribution is -2.46. The van der Waals surface area contributed by atoms with Gasteiger partial charge in [-0.15, -0.1) is 13.2 Å². The van der Waals surface area contributed by atoms with Crippen LogP contribution in [0.4, 0.5) is 13.2 Å². The SMILES string of the molecule is CC(C)(C)N1C(=O)C(NCCOc2cccc(OC(F)(F)F)c2)=C(c2ccccc2)S1(=O)=O. The third kappa shape index (κ3) is 5.59. The number of hydrogen-bond acceptors (Lipinski definition) is 6. The predicted octanol–water partition coefficient (Wildman–Crippen LogP) is 3.89. The van der Waals surface area contributed by atoms with E-state index in [2.05, 4.69) is 10.1 Å². The van der Waals surface area contributed by atoms with E-state index in [0.29, 0.717) is 5.56 Å². The van der Waals surface area contributed by atoms with Gasteiger partial charge in [0.25, 0.3) is 15.9 Å². The Bertz CT molecular complexity index is 1160. The second-order valence-corrected chi connectivity index (χ2v) is 9.84. The highest BCUT2D eigenvalue weighted by molar-refractivity contribution is 7.99. The molecule has 1 aliphatic heterocycles. The normalized spacial score (nSPS) is 16.2. The molecule has 2 aromatic rings. The molecular formula is C22H23F3N2O5S. The van der Waals surface area contributed by atoms with Crippen LogP contribution in [0, 0.1) is 0 Å². The highest BCUT2D eigenvalue weighted by Gasteiger charge is 2.49. The minimum atomic E-state index is -4.83. The molecule has 0 aromatic heterocycles. The Morgan fingerprint density at radius 2 is 1.61 bits per heavy atom. The number of amides is 1. The number of carbonyl (C=O) groups excluding carboxylic acids is 1. The van der Waals surface area contributed by atoms with Crippen molar-refractivity contribution in [1.82, 2.24) is 9.62 Å². The summed E-state index contributed by atoms with van der Waals surface area (Å²) in [7, 11) is -4.11. The standard InChI is InChI=1S/C22H23F3N2O5S/c1-21(2,3)27-20(28)18(19(33(27,29)30)15-8-5-4-6-9-15)26-12-13-31-16-10-7-11-17(14-16)32-22(23,24)25/h4-11,14,26H,12-13H2,1-3H3. The number of ether oxygens (including phenoxy) is 2. The van der Waals surface area contributed by atoms with Gasteiger partial charge in [0.05, 0.1) is 5.54 Å². The van der Waals surface area contributed by atoms with Gasteiger partial charge in [-0.05, 0) is 38.5 Å². The Morgan fingerprint density at radius 3 is 2.21 bits per heavy atom. The summed E-state index contributed by atoms with van der Waals surface area (Å²) in [5.41, 5.74) is -0.721. The summed E-state index contributed by atoms with van der Waals surface area (Å²) < 4.78 is 73.7. The highest BCUT2D eigenvalue weighted by atomic mass is 32.2. The number of benzene rings is 2. The van der Waals surface area contributed by atoms with Crippen molar-refractivity contribution in [2.24, 2.45) is 0 Å². The van der Waals surface area contributed by atoms with E-state index in [1.165, 1.54) is 12.1 Å². The molecule has 11 heteroatoms. The highest BCUT2D eigenvalue weighted by Crippen LogP contribution is 2.38. The Balaban J connectivity index is 1.78. The first-order valence-corrected chi connectivity index (χ1v) is 11.4. The third-order valence-corrected chi connectivity index (χ3v) is 6.63. The van der Waals surface area contributed by atoms with Crippen LogP contribution < -0.4 is 14.8 Å². The minimum absolute atomic E-state index is 0.0231. The molecule has 3 rings (SSSR count). The predicted molar refractivity (Wildman–Crippen MR) is 116 cm³/mol. The maximum Gasteiger partial charge on any atom is 0.573 e. The molecule has 178 valence electrons. The van der Waals surface area contributed by atoms with Crippen molar-refractivity contribution in [2.75, 3.05) is 13.2 Å². The van der Waals surface area contributed by atoms with Crippen molar-refractivity contribution >= 4 is 20.8 Å². The lowest BCUT2D eigenvalue weighted by molar-refractivity contribution is -0.274. The number of halogens is 3. The van der Waals surface area contributed by atoms with Crippen molar-refractivity contribution in [3.63, 3.8) is 0 Å². The van der Waals surface area contributed by atoms with Gasteiger partial charge in [0, 0.05) is 12.6 Å². The van der Waals surface area contributed by atoms with Crippen molar-refractivity contribution < 1.29 is 35.9 Å². The van der Waals surface area contributed by atoms with Crippen molar-refractivity contribution in [2.45, 2.75) is 32.7 Å². The van der Waals surface area contributed by atoms with Crippen LogP contribution in [0.1, 0.15) is 26.3 Å². The molecule has 0 fully saturated rings. The first-order valence-electron chi connectivity index (χ1n) is 9.92. The van der Waals surface area contributed by atoms with E-state index in [-0.39, 0.29) is 29.5 Å². The van der Waals surface area contributed by atoms with Crippen LogP contribution in [-0.2, 0) is 14.8 Å². The van der Waals surface area contributed by atoms with Gasteiger partial charge in [-0.1, -0.05) is 36.4 Å². The molecule has 1 aliphatic rings. The molecule has 0 atom stereocenters. The lowest BCUT2D eigenvalue weighted by atomic mass is 10.1. The van der Waals surface area contributed by atoms with Gasteiger partial charge >= 0.3 is 6.36 Å². The number of carbonyl (C=O) groups is 1. The zero-order valence-corrected chi connectivity index (χ0v) is 19.0. The van der Waals surface area contributed by atoms with Gasteiger partial charge in [-0.3, -0.25) is 4.79 Å². The molecule has 0 radical (unpaired) electrons. The van der Waals surface area contributed by atoms with Crippen LogP contribution in [0.2, 0.25) is 0 Å². The van der Waals surface area contributed by atoms with E-state index in [1.54, 1.807) is 51.1 Å². The number of nitrogens with one attached hydrogen (secondary N) is 1. The van der Waals surface area contributed by atoms with Crippen LogP contribution >= 0.6 is 0 Å². The van der Waals surface area contributed by atoms with Crippen LogP contribution in [0.15, 0.2) is 60.3 Å². The molecule has 2 aromatic carbocycles. The molecule has 0 aliphatic carbocycles. The number of hydrogen-bond donors (Lipinski definition) is 1. The summed E-state index contributed by atoms with van der Waals surface area (Å²) in [6, 6.07) is 13.3. The van der Waals surface area contributed by atoms with Gasteiger partial charge in [-0.25, -0.2) is 12.7 Å². The Labute approximate surface area is 189 Å². The maximum atomic E-state index is 13.2. The molecule has 0 saturated heterocycles. The summed E-state index contributed by atoms with van der Waals surface area (Å²) in [4.78, 5) is 12.9. The second kappa shape index (κ2) is 8.97. The summed E-state index contributed by atoms with van der Waals surface area (Å²) in [6.45, 7) is 4.83. The fourth-order valence-corrected chi connectivity index (χ4v) is 5.40. The van der Waals surface area contributed by atoms with Crippen LogP contribution in [0.25, 0.3) is 4.91 Å². The molecule has 1 amide bonds. The van der Waals surface area contributed by atoms with E-state index in [4.69, 9.17) is 4.74 Å². The largest absolute Gasteiger partial charge is 0.573 e. The number of nitrogens with zero attached hydrogens (tertiary/aromatic N) is 1. The van der Waals surface area contributed by atoms with Gasteiger partial charge in [-0.2, -0.15) is 0 Å². The molecule has 0 spiro atoms. The number of sulfonamides is 1. The summed E-state index contributed by atoms with van der Waals surface area (Å²) in [5.74, 6) is -1.00. The molecule has 0 unspecified atom stereocenters. The van der Waals surface area contributed by atoms with Crippen molar-refractivity contribution in [3.8, 4) is 11.5 Å². The average Bonchev–Trinajstić information content (AvgIpc) is 2.89. The Kier molecular flexibility index (Phi) is 6.64. The lowest BCUT2D eigenvalue weighted by Gasteiger charge is -2.30. The molecular weight excluding hydrogens is 461 g/mol. The van der Waals surface area contributed by atoms with Gasteiger partial charge in [0.2, 0.25) is 0 Å². The monoisotopic (exact) mass is 484 g/mol. The van der Waals surface area contributed by atoms with Gasteiger partial charge in [0.1, 0.15) is 28.7 Å². The number of alkyl halides is 3. The van der Waals surface area contributed by atoms with E-state index in [0.717, 1.165) is 16.4 Å². The zero-order chi connectivity index (χ0) is 24.4. The van der Waals surface area contributed by atoms with E-state index >= 15 is 0 Å². The molecule has 0 saturated carbocycles. The minimum Gasteiger partial charge on any atom is -0.492 e. The third-order valence-electron chi connectivity index (χ3n) is 4.48. The zero-order valence-electron chi connectivity index (χ0n) is 18.1. The van der Waals surface area contributed by atoms with E-state index in [1.807, 2.05) is 0 Å². The smallest absolute Gasteiger partial charge is 0.492 e. The first-order chi connectivity index (χ1) is 15.3.